The monoisotopic (exact) mass is 235 g/mol. The lowest BCUT2D eigenvalue weighted by Gasteiger charge is -2.15. The molecule has 0 aliphatic carbocycles. The van der Waals surface area contributed by atoms with Gasteiger partial charge in [0.25, 0.3) is 0 Å². The zero-order chi connectivity index (χ0) is 13.1. The summed E-state index contributed by atoms with van der Waals surface area (Å²) in [6.07, 6.45) is 12.0. The summed E-state index contributed by atoms with van der Waals surface area (Å²) >= 11 is 0. The van der Waals surface area contributed by atoms with Crippen LogP contribution in [-0.2, 0) is 0 Å². The van der Waals surface area contributed by atoms with Gasteiger partial charge in [0.2, 0.25) is 0 Å². The molecule has 0 radical (unpaired) electrons. The topological polar surface area (TPSA) is 12.0 Å². The minimum Gasteiger partial charge on any atom is -0.389 e. The summed E-state index contributed by atoms with van der Waals surface area (Å²) in [5.41, 5.74) is 1.18. The third-order valence-electron chi connectivity index (χ3n) is 2.62. The molecule has 1 atom stereocenters. The maximum atomic E-state index is 4.08. The van der Waals surface area contributed by atoms with Gasteiger partial charge in [0.05, 0.1) is 0 Å². The van der Waals surface area contributed by atoms with E-state index in [1.54, 1.807) is 0 Å². The summed E-state index contributed by atoms with van der Waals surface area (Å²) in [6, 6.07) is 0. The van der Waals surface area contributed by atoms with Gasteiger partial charge < -0.3 is 5.32 Å². The molecule has 0 aromatic rings. The largest absolute Gasteiger partial charge is 0.389 e. The summed E-state index contributed by atoms with van der Waals surface area (Å²) in [5, 5.41) is 3.40. The van der Waals surface area contributed by atoms with Crippen LogP contribution in [0, 0.1) is 11.8 Å². The van der Waals surface area contributed by atoms with Crippen molar-refractivity contribution in [2.24, 2.45) is 11.8 Å². The number of nitrogens with one attached hydrogen (secondary N) is 1. The maximum absolute atomic E-state index is 4.08. The van der Waals surface area contributed by atoms with Gasteiger partial charge in [-0.15, -0.1) is 0 Å². The number of hydrogen-bond acceptors (Lipinski definition) is 1. The van der Waals surface area contributed by atoms with Gasteiger partial charge >= 0.3 is 0 Å². The molecule has 0 bridgehead atoms. The third-order valence-corrected chi connectivity index (χ3v) is 2.62. The quantitative estimate of drug-likeness (QED) is 0.572. The Kier molecular flexibility index (Phi) is 9.60. The molecule has 0 amide bonds. The first kappa shape index (κ1) is 16.0. The molecule has 0 aromatic carbocycles. The lowest BCUT2D eigenvalue weighted by atomic mass is 10.00. The third kappa shape index (κ3) is 11.3. The molecule has 1 N–H and O–H groups in total. The molecule has 1 nitrogen and oxygen atoms in total. The van der Waals surface area contributed by atoms with Crippen LogP contribution in [0.1, 0.15) is 47.0 Å². The summed E-state index contributed by atoms with van der Waals surface area (Å²) in [4.78, 5) is 0. The predicted molar refractivity (Wildman–Crippen MR) is 78.9 cm³/mol. The number of hydrogen-bond donors (Lipinski definition) is 1. The normalized spacial score (nSPS) is 13.7. The highest BCUT2D eigenvalue weighted by Crippen LogP contribution is 2.14. The summed E-state index contributed by atoms with van der Waals surface area (Å²) in [7, 11) is 0. The Balaban J connectivity index is 3.63. The maximum Gasteiger partial charge on any atom is 0.0166 e. The number of allylic oxidation sites excluding steroid dienone is 5. The van der Waals surface area contributed by atoms with E-state index in [9.17, 15) is 0 Å². The zero-order valence-corrected chi connectivity index (χ0v) is 12.0. The second-order valence-corrected chi connectivity index (χ2v) is 5.22. The molecule has 17 heavy (non-hydrogen) atoms. The fourth-order valence-corrected chi connectivity index (χ4v) is 1.61. The lowest BCUT2D eigenvalue weighted by Crippen LogP contribution is -2.19. The molecule has 0 spiro atoms. The van der Waals surface area contributed by atoms with Crippen molar-refractivity contribution in [1.29, 1.82) is 0 Å². The standard InChI is InChI=1S/C16H29N/c1-6-7-8-9-10-11-15(4)12-16(5)17-13-14(2)3/h6-9,14-15,17H,5,10-13H2,1-4H3/b7-6+,9-8-. The second-order valence-electron chi connectivity index (χ2n) is 5.22. The van der Waals surface area contributed by atoms with Crippen molar-refractivity contribution >= 4 is 0 Å². The van der Waals surface area contributed by atoms with E-state index in [0.717, 1.165) is 19.4 Å². The van der Waals surface area contributed by atoms with Crippen molar-refractivity contribution in [3.63, 3.8) is 0 Å². The van der Waals surface area contributed by atoms with Crippen molar-refractivity contribution in [2.75, 3.05) is 6.54 Å². The Morgan fingerprint density at radius 1 is 1.24 bits per heavy atom. The lowest BCUT2D eigenvalue weighted by molar-refractivity contribution is 0.501. The predicted octanol–water partition coefficient (Wildman–Crippen LogP) is 4.68. The van der Waals surface area contributed by atoms with Crippen LogP contribution in [-0.4, -0.2) is 6.54 Å². The molecular weight excluding hydrogens is 206 g/mol. The van der Waals surface area contributed by atoms with Crippen LogP contribution in [0.15, 0.2) is 36.6 Å². The van der Waals surface area contributed by atoms with Crippen molar-refractivity contribution in [1.82, 2.24) is 5.32 Å². The average Bonchev–Trinajstić information content (AvgIpc) is 2.26. The summed E-state index contributed by atoms with van der Waals surface area (Å²) < 4.78 is 0. The van der Waals surface area contributed by atoms with Crippen LogP contribution in [0.5, 0.6) is 0 Å². The molecule has 0 aliphatic heterocycles. The first-order valence-electron chi connectivity index (χ1n) is 6.75. The molecule has 0 rings (SSSR count). The van der Waals surface area contributed by atoms with E-state index < -0.39 is 0 Å². The van der Waals surface area contributed by atoms with Crippen LogP contribution >= 0.6 is 0 Å². The van der Waals surface area contributed by atoms with Gasteiger partial charge in [0.15, 0.2) is 0 Å². The Hall–Kier alpha value is -0.980. The van der Waals surface area contributed by atoms with E-state index in [4.69, 9.17) is 0 Å². The van der Waals surface area contributed by atoms with E-state index in [2.05, 4.69) is 57.0 Å². The molecule has 0 fully saturated rings. The van der Waals surface area contributed by atoms with Crippen LogP contribution < -0.4 is 5.32 Å². The van der Waals surface area contributed by atoms with E-state index in [0.29, 0.717) is 11.8 Å². The van der Waals surface area contributed by atoms with E-state index in [1.165, 1.54) is 12.1 Å². The van der Waals surface area contributed by atoms with Crippen molar-refractivity contribution in [3.05, 3.63) is 36.6 Å². The number of rotatable bonds is 9. The molecule has 1 heteroatoms. The van der Waals surface area contributed by atoms with Crippen molar-refractivity contribution < 1.29 is 0 Å². The Labute approximate surface area is 108 Å². The highest BCUT2D eigenvalue weighted by Gasteiger charge is 2.03. The first-order chi connectivity index (χ1) is 8.06. The van der Waals surface area contributed by atoms with E-state index in [-0.39, 0.29) is 0 Å². The van der Waals surface area contributed by atoms with E-state index in [1.807, 2.05) is 6.92 Å². The van der Waals surface area contributed by atoms with Gasteiger partial charge in [-0.1, -0.05) is 51.7 Å². The molecule has 1 unspecified atom stereocenters. The molecule has 0 heterocycles. The van der Waals surface area contributed by atoms with Gasteiger partial charge in [-0.3, -0.25) is 0 Å². The SMILES string of the molecule is C=C(CC(C)CC/C=C\C=C\C)NCC(C)C. The van der Waals surface area contributed by atoms with Crippen LogP contribution in [0.3, 0.4) is 0 Å². The average molecular weight is 235 g/mol. The second kappa shape index (κ2) is 10.2. The Morgan fingerprint density at radius 2 is 1.94 bits per heavy atom. The van der Waals surface area contributed by atoms with Crippen molar-refractivity contribution in [3.8, 4) is 0 Å². The van der Waals surface area contributed by atoms with Crippen LogP contribution in [0.4, 0.5) is 0 Å². The van der Waals surface area contributed by atoms with Gasteiger partial charge in [-0.25, -0.2) is 0 Å². The molecule has 98 valence electrons. The summed E-state index contributed by atoms with van der Waals surface area (Å²) in [6.45, 7) is 13.9. The summed E-state index contributed by atoms with van der Waals surface area (Å²) in [5.74, 6) is 1.39. The van der Waals surface area contributed by atoms with Gasteiger partial charge in [0.1, 0.15) is 0 Å². The van der Waals surface area contributed by atoms with Crippen LogP contribution in [0.25, 0.3) is 0 Å². The molecule has 0 aromatic heterocycles. The molecular formula is C16H29N. The van der Waals surface area contributed by atoms with Gasteiger partial charge in [0, 0.05) is 12.2 Å². The smallest absolute Gasteiger partial charge is 0.0166 e. The molecule has 0 saturated heterocycles. The van der Waals surface area contributed by atoms with Crippen molar-refractivity contribution in [2.45, 2.75) is 47.0 Å². The highest BCUT2D eigenvalue weighted by molar-refractivity contribution is 5.01. The Morgan fingerprint density at radius 3 is 2.53 bits per heavy atom. The van der Waals surface area contributed by atoms with E-state index >= 15 is 0 Å². The minimum absolute atomic E-state index is 0.686. The molecule has 0 aliphatic rings. The van der Waals surface area contributed by atoms with Crippen LogP contribution in [0.2, 0.25) is 0 Å². The van der Waals surface area contributed by atoms with Gasteiger partial charge in [-0.05, 0) is 38.0 Å². The minimum atomic E-state index is 0.686. The Bertz CT molecular complexity index is 248. The fourth-order valence-electron chi connectivity index (χ4n) is 1.61. The van der Waals surface area contributed by atoms with Gasteiger partial charge in [-0.2, -0.15) is 0 Å². The molecule has 0 saturated carbocycles. The first-order valence-corrected chi connectivity index (χ1v) is 6.75. The highest BCUT2D eigenvalue weighted by atomic mass is 14.9. The zero-order valence-electron chi connectivity index (χ0n) is 12.0. The fraction of sp³-hybridized carbons (Fsp3) is 0.625.